The lowest BCUT2D eigenvalue weighted by molar-refractivity contribution is -0.139. The van der Waals surface area contributed by atoms with Crippen LogP contribution in [0.4, 0.5) is 0 Å². The Labute approximate surface area is 99.4 Å². The summed E-state index contributed by atoms with van der Waals surface area (Å²) < 4.78 is 4.57. The van der Waals surface area contributed by atoms with Crippen molar-refractivity contribution >= 4 is 18.6 Å². The van der Waals surface area contributed by atoms with Crippen molar-refractivity contribution in [2.45, 2.75) is 17.9 Å². The van der Waals surface area contributed by atoms with Crippen LogP contribution in [-0.4, -0.2) is 13.1 Å². The molecular formula is C11H12N2O2S. The van der Waals surface area contributed by atoms with Crippen molar-refractivity contribution < 1.29 is 9.53 Å². The maximum absolute atomic E-state index is 11.2. The summed E-state index contributed by atoms with van der Waals surface area (Å²) in [5, 5.41) is 8.83. The Bertz CT molecular complexity index is 452. The minimum Gasteiger partial charge on any atom is -0.469 e. The second-order valence-corrected chi connectivity index (χ2v) is 3.66. The second kappa shape index (κ2) is 5.54. The molecule has 0 atom stereocenters. The highest BCUT2D eigenvalue weighted by Gasteiger charge is 2.11. The van der Waals surface area contributed by atoms with Crippen molar-refractivity contribution in [3.8, 4) is 6.07 Å². The van der Waals surface area contributed by atoms with Crippen LogP contribution in [0.2, 0.25) is 0 Å². The highest BCUT2D eigenvalue weighted by molar-refractivity contribution is 7.80. The summed E-state index contributed by atoms with van der Waals surface area (Å²) in [4.78, 5) is 11.8. The van der Waals surface area contributed by atoms with E-state index in [-0.39, 0.29) is 18.9 Å². The lowest BCUT2D eigenvalue weighted by Gasteiger charge is -2.09. The smallest absolute Gasteiger partial charge is 0.310 e. The molecule has 16 heavy (non-hydrogen) atoms. The Morgan fingerprint density at radius 3 is 2.69 bits per heavy atom. The summed E-state index contributed by atoms with van der Waals surface area (Å²) in [5.74, 6) is -0.367. The normalized spacial score (nSPS) is 9.62. The third-order valence-corrected chi connectivity index (χ3v) is 2.75. The molecule has 0 heterocycles. The van der Waals surface area contributed by atoms with E-state index in [0.717, 1.165) is 5.56 Å². The zero-order valence-corrected chi connectivity index (χ0v) is 9.75. The Balaban J connectivity index is 3.17. The van der Waals surface area contributed by atoms with Gasteiger partial charge in [-0.05, 0) is 23.3 Å². The van der Waals surface area contributed by atoms with Crippen LogP contribution in [-0.2, 0) is 22.5 Å². The highest BCUT2D eigenvalue weighted by Crippen LogP contribution is 2.22. The van der Waals surface area contributed by atoms with Gasteiger partial charge in [0.1, 0.15) is 0 Å². The number of thiol groups is 1. The molecule has 0 saturated carbocycles. The predicted octanol–water partition coefficient (Wildman–Crippen LogP) is 1.02. The fourth-order valence-electron chi connectivity index (χ4n) is 1.34. The molecule has 0 bridgehead atoms. The summed E-state index contributed by atoms with van der Waals surface area (Å²) in [7, 11) is 1.32. The van der Waals surface area contributed by atoms with Gasteiger partial charge >= 0.3 is 5.97 Å². The number of nitriles is 1. The number of esters is 1. The second-order valence-electron chi connectivity index (χ2n) is 3.21. The lowest BCUT2D eigenvalue weighted by Crippen LogP contribution is -2.08. The number of carbonyl (C=O) groups is 1. The zero-order valence-electron chi connectivity index (χ0n) is 8.86. The van der Waals surface area contributed by atoms with Gasteiger partial charge in [-0.1, -0.05) is 0 Å². The topological polar surface area (TPSA) is 76.1 Å². The molecule has 0 aliphatic heterocycles. The molecule has 0 aromatic heterocycles. The summed E-state index contributed by atoms with van der Waals surface area (Å²) in [6, 6.07) is 5.31. The number of benzene rings is 1. The van der Waals surface area contributed by atoms with Gasteiger partial charge in [-0.3, -0.25) is 4.79 Å². The van der Waals surface area contributed by atoms with E-state index in [4.69, 9.17) is 11.0 Å². The van der Waals surface area contributed by atoms with Gasteiger partial charge in [0.25, 0.3) is 0 Å². The van der Waals surface area contributed by atoms with Gasteiger partial charge < -0.3 is 10.5 Å². The van der Waals surface area contributed by atoms with E-state index in [1.54, 1.807) is 12.1 Å². The molecule has 0 amide bonds. The van der Waals surface area contributed by atoms with Crippen molar-refractivity contribution in [3.05, 3.63) is 28.8 Å². The molecule has 0 unspecified atom stereocenters. The van der Waals surface area contributed by atoms with Crippen molar-refractivity contribution in [2.24, 2.45) is 5.73 Å². The summed E-state index contributed by atoms with van der Waals surface area (Å²) in [6.07, 6.45) is 0.0951. The maximum atomic E-state index is 11.2. The van der Waals surface area contributed by atoms with Gasteiger partial charge in [0, 0.05) is 11.4 Å². The van der Waals surface area contributed by atoms with Crippen molar-refractivity contribution in [3.63, 3.8) is 0 Å². The van der Waals surface area contributed by atoms with Crippen LogP contribution in [0.1, 0.15) is 16.7 Å². The molecule has 0 radical (unpaired) electrons. The first kappa shape index (κ1) is 12.6. The molecule has 5 heteroatoms. The molecule has 0 aliphatic carbocycles. The molecule has 0 fully saturated rings. The fraction of sp³-hybridized carbons (Fsp3) is 0.273. The van der Waals surface area contributed by atoms with E-state index in [0.29, 0.717) is 16.0 Å². The molecule has 1 rings (SSSR count). The zero-order chi connectivity index (χ0) is 12.1. The van der Waals surface area contributed by atoms with Crippen LogP contribution < -0.4 is 5.73 Å². The Kier molecular flexibility index (Phi) is 4.35. The Morgan fingerprint density at radius 1 is 1.56 bits per heavy atom. The Hall–Kier alpha value is -1.51. The summed E-state index contributed by atoms with van der Waals surface area (Å²) in [6.45, 7) is 0.280. The van der Waals surface area contributed by atoms with Gasteiger partial charge in [0.15, 0.2) is 0 Å². The molecule has 84 valence electrons. The number of hydrogen-bond donors (Lipinski definition) is 2. The van der Waals surface area contributed by atoms with Crippen LogP contribution in [0.15, 0.2) is 17.0 Å². The van der Waals surface area contributed by atoms with Crippen LogP contribution in [0.5, 0.6) is 0 Å². The van der Waals surface area contributed by atoms with Crippen molar-refractivity contribution in [1.82, 2.24) is 0 Å². The van der Waals surface area contributed by atoms with Crippen LogP contribution in [0.25, 0.3) is 0 Å². The number of carbonyl (C=O) groups excluding carboxylic acids is 1. The molecule has 0 spiro atoms. The number of nitrogens with two attached hydrogens (primary N) is 1. The number of nitrogens with zero attached hydrogens (tertiary/aromatic N) is 1. The molecule has 1 aromatic rings. The van der Waals surface area contributed by atoms with Gasteiger partial charge in [0.2, 0.25) is 0 Å². The van der Waals surface area contributed by atoms with E-state index in [1.807, 2.05) is 6.07 Å². The first-order valence-electron chi connectivity index (χ1n) is 4.64. The average molecular weight is 236 g/mol. The molecular weight excluding hydrogens is 224 g/mol. The molecule has 0 aliphatic rings. The first-order chi connectivity index (χ1) is 7.62. The molecule has 4 nitrogen and oxygen atoms in total. The SMILES string of the molecule is COC(=O)Cc1cc(C#N)cc(CN)c1S. The van der Waals surface area contributed by atoms with Crippen molar-refractivity contribution in [1.29, 1.82) is 5.26 Å². The molecule has 1 aromatic carbocycles. The van der Waals surface area contributed by atoms with Crippen LogP contribution >= 0.6 is 12.6 Å². The van der Waals surface area contributed by atoms with Crippen LogP contribution in [0, 0.1) is 11.3 Å². The van der Waals surface area contributed by atoms with Gasteiger partial charge in [-0.15, -0.1) is 12.6 Å². The molecule has 0 saturated heterocycles. The minimum absolute atomic E-state index is 0.0951. The Morgan fingerprint density at radius 2 is 2.19 bits per heavy atom. The number of methoxy groups -OCH3 is 1. The van der Waals surface area contributed by atoms with Gasteiger partial charge in [-0.2, -0.15) is 5.26 Å². The average Bonchev–Trinajstić information content (AvgIpc) is 2.31. The molecule has 2 N–H and O–H groups in total. The standard InChI is InChI=1S/C11H12N2O2S/c1-15-10(14)4-8-2-7(5-12)3-9(6-13)11(8)16/h2-3,16H,4,6,13H2,1H3. The van der Waals surface area contributed by atoms with E-state index >= 15 is 0 Å². The monoisotopic (exact) mass is 236 g/mol. The van der Waals surface area contributed by atoms with Crippen molar-refractivity contribution in [2.75, 3.05) is 7.11 Å². The summed E-state index contributed by atoms with van der Waals surface area (Å²) in [5.41, 5.74) is 7.41. The largest absolute Gasteiger partial charge is 0.469 e. The summed E-state index contributed by atoms with van der Waals surface area (Å²) >= 11 is 4.29. The van der Waals surface area contributed by atoms with Crippen LogP contribution in [0.3, 0.4) is 0 Å². The van der Waals surface area contributed by atoms with E-state index < -0.39 is 0 Å². The van der Waals surface area contributed by atoms with E-state index in [1.165, 1.54) is 7.11 Å². The highest BCUT2D eigenvalue weighted by atomic mass is 32.1. The quantitative estimate of drug-likeness (QED) is 0.607. The van der Waals surface area contributed by atoms with Gasteiger partial charge in [-0.25, -0.2) is 0 Å². The maximum Gasteiger partial charge on any atom is 0.310 e. The lowest BCUT2D eigenvalue weighted by atomic mass is 10.0. The van der Waals surface area contributed by atoms with E-state index in [9.17, 15) is 4.79 Å². The van der Waals surface area contributed by atoms with Gasteiger partial charge in [0.05, 0.1) is 25.2 Å². The third kappa shape index (κ3) is 2.75. The van der Waals surface area contributed by atoms with E-state index in [2.05, 4.69) is 17.4 Å². The predicted molar refractivity (Wildman–Crippen MR) is 62.0 cm³/mol. The fourth-order valence-corrected chi connectivity index (χ4v) is 1.64. The third-order valence-electron chi connectivity index (χ3n) is 2.18. The number of hydrogen-bond acceptors (Lipinski definition) is 5. The minimum atomic E-state index is -0.367. The first-order valence-corrected chi connectivity index (χ1v) is 5.08. The number of ether oxygens (including phenoxy) is 1. The number of rotatable bonds is 3.